The van der Waals surface area contributed by atoms with E-state index >= 15 is 0 Å². The van der Waals surface area contributed by atoms with Crippen LogP contribution in [0.4, 0.5) is 0 Å². The molecule has 4 rings (SSSR count). The number of aromatic nitrogens is 3. The second-order valence-corrected chi connectivity index (χ2v) is 5.13. The SMILES string of the molecule is O=C(O)c1c(=O)n(-c2ccccc2)nc2c1[nH]c1ccccc12. The van der Waals surface area contributed by atoms with Crippen molar-refractivity contribution in [3.63, 3.8) is 0 Å². The number of rotatable bonds is 2. The van der Waals surface area contributed by atoms with Gasteiger partial charge in [0.1, 0.15) is 5.52 Å². The van der Waals surface area contributed by atoms with Crippen LogP contribution in [0.15, 0.2) is 59.4 Å². The fourth-order valence-corrected chi connectivity index (χ4v) is 2.71. The number of benzene rings is 2. The Labute approximate surface area is 129 Å². The van der Waals surface area contributed by atoms with Crippen LogP contribution in [0.2, 0.25) is 0 Å². The molecule has 0 bridgehead atoms. The molecule has 0 spiro atoms. The van der Waals surface area contributed by atoms with E-state index in [1.54, 1.807) is 24.3 Å². The summed E-state index contributed by atoms with van der Waals surface area (Å²) in [4.78, 5) is 27.2. The quantitative estimate of drug-likeness (QED) is 0.596. The summed E-state index contributed by atoms with van der Waals surface area (Å²) in [7, 11) is 0. The number of para-hydroxylation sites is 2. The van der Waals surface area contributed by atoms with Gasteiger partial charge in [0.25, 0.3) is 5.56 Å². The molecule has 0 aliphatic carbocycles. The molecule has 23 heavy (non-hydrogen) atoms. The summed E-state index contributed by atoms with van der Waals surface area (Å²) in [6.07, 6.45) is 0. The first-order valence-electron chi connectivity index (χ1n) is 6.99. The minimum atomic E-state index is -1.28. The number of aromatic carboxylic acids is 1. The molecule has 0 atom stereocenters. The number of fused-ring (bicyclic) bond motifs is 3. The number of carboxylic acid groups (broad SMARTS) is 1. The highest BCUT2D eigenvalue weighted by Crippen LogP contribution is 2.24. The zero-order valence-corrected chi connectivity index (χ0v) is 11.9. The topological polar surface area (TPSA) is 88.0 Å². The zero-order valence-electron chi connectivity index (χ0n) is 11.9. The minimum Gasteiger partial charge on any atom is -0.477 e. The van der Waals surface area contributed by atoms with Crippen LogP contribution in [0, 0.1) is 0 Å². The molecule has 0 radical (unpaired) electrons. The van der Waals surface area contributed by atoms with Crippen LogP contribution in [0.3, 0.4) is 0 Å². The van der Waals surface area contributed by atoms with Gasteiger partial charge in [-0.2, -0.15) is 9.78 Å². The molecule has 6 heteroatoms. The van der Waals surface area contributed by atoms with Crippen LogP contribution >= 0.6 is 0 Å². The molecule has 0 saturated carbocycles. The number of nitrogens with zero attached hydrogens (tertiary/aromatic N) is 2. The first-order valence-corrected chi connectivity index (χ1v) is 6.99. The van der Waals surface area contributed by atoms with Crippen molar-refractivity contribution >= 4 is 27.9 Å². The monoisotopic (exact) mass is 305 g/mol. The molecule has 2 heterocycles. The van der Waals surface area contributed by atoms with Gasteiger partial charge >= 0.3 is 5.97 Å². The second-order valence-electron chi connectivity index (χ2n) is 5.13. The summed E-state index contributed by atoms with van der Waals surface area (Å²) in [5.41, 5.74) is 0.991. The number of H-pyrrole nitrogens is 1. The van der Waals surface area contributed by atoms with Gasteiger partial charge in [0.2, 0.25) is 0 Å². The van der Waals surface area contributed by atoms with E-state index in [9.17, 15) is 14.7 Å². The third kappa shape index (κ3) is 1.92. The number of hydrogen-bond donors (Lipinski definition) is 2. The number of carboxylic acids is 1. The molecule has 2 aromatic heterocycles. The normalized spacial score (nSPS) is 11.1. The summed E-state index contributed by atoms with van der Waals surface area (Å²) in [6.45, 7) is 0. The first-order chi connectivity index (χ1) is 11.2. The average Bonchev–Trinajstić information content (AvgIpc) is 2.92. The van der Waals surface area contributed by atoms with Crippen LogP contribution in [-0.2, 0) is 0 Å². The van der Waals surface area contributed by atoms with Gasteiger partial charge in [0.05, 0.1) is 11.2 Å². The third-order valence-electron chi connectivity index (χ3n) is 3.75. The van der Waals surface area contributed by atoms with Crippen molar-refractivity contribution in [1.82, 2.24) is 14.8 Å². The van der Waals surface area contributed by atoms with Gasteiger partial charge in [-0.05, 0) is 18.2 Å². The number of carbonyl (C=O) groups is 1. The number of nitrogens with one attached hydrogen (secondary N) is 1. The summed E-state index contributed by atoms with van der Waals surface area (Å²) in [6, 6.07) is 16.1. The van der Waals surface area contributed by atoms with Crippen molar-refractivity contribution < 1.29 is 9.90 Å². The maximum Gasteiger partial charge on any atom is 0.343 e. The molecular weight excluding hydrogens is 294 g/mol. The fraction of sp³-hybridized carbons (Fsp3) is 0. The van der Waals surface area contributed by atoms with Gasteiger partial charge in [-0.15, -0.1) is 0 Å². The number of aromatic amines is 1. The smallest absolute Gasteiger partial charge is 0.343 e. The largest absolute Gasteiger partial charge is 0.477 e. The molecular formula is C17H11N3O3. The van der Waals surface area contributed by atoms with E-state index in [-0.39, 0.29) is 11.1 Å². The van der Waals surface area contributed by atoms with Gasteiger partial charge in [-0.1, -0.05) is 36.4 Å². The Bertz CT molecular complexity index is 1110. The average molecular weight is 305 g/mol. The van der Waals surface area contributed by atoms with Crippen LogP contribution < -0.4 is 5.56 Å². The van der Waals surface area contributed by atoms with Crippen LogP contribution in [0.1, 0.15) is 10.4 Å². The fourth-order valence-electron chi connectivity index (χ4n) is 2.71. The van der Waals surface area contributed by atoms with Gasteiger partial charge in [0, 0.05) is 10.9 Å². The van der Waals surface area contributed by atoms with Gasteiger partial charge in [-0.3, -0.25) is 4.79 Å². The predicted molar refractivity (Wildman–Crippen MR) is 86.2 cm³/mol. The summed E-state index contributed by atoms with van der Waals surface area (Å²) in [5.74, 6) is -1.28. The van der Waals surface area contributed by atoms with Crippen molar-refractivity contribution in [3.8, 4) is 5.69 Å². The Morgan fingerprint density at radius 2 is 1.74 bits per heavy atom. The standard InChI is InChI=1S/C17H11N3O3/c21-16-13(17(22)23)15-14(11-8-4-5-9-12(11)18-15)19-20(16)10-6-2-1-3-7-10/h1-9,18H,(H,22,23). The van der Waals surface area contributed by atoms with Crippen molar-refractivity contribution in [3.05, 3.63) is 70.5 Å². The third-order valence-corrected chi connectivity index (χ3v) is 3.75. The summed E-state index contributed by atoms with van der Waals surface area (Å²) in [5, 5.41) is 14.7. The molecule has 6 nitrogen and oxygen atoms in total. The van der Waals surface area contributed by atoms with Gasteiger partial charge in [-0.25, -0.2) is 4.79 Å². The van der Waals surface area contributed by atoms with Crippen molar-refractivity contribution in [2.45, 2.75) is 0 Å². The van der Waals surface area contributed by atoms with E-state index in [0.717, 1.165) is 15.6 Å². The van der Waals surface area contributed by atoms with Gasteiger partial charge in [0.15, 0.2) is 5.56 Å². The molecule has 2 N–H and O–H groups in total. The Kier molecular flexibility index (Phi) is 2.77. The van der Waals surface area contributed by atoms with Gasteiger partial charge < -0.3 is 10.1 Å². The maximum absolute atomic E-state index is 12.6. The zero-order chi connectivity index (χ0) is 16.0. The highest BCUT2D eigenvalue weighted by atomic mass is 16.4. The molecule has 0 unspecified atom stereocenters. The van der Waals surface area contributed by atoms with Crippen molar-refractivity contribution in [1.29, 1.82) is 0 Å². The van der Waals surface area contributed by atoms with E-state index in [2.05, 4.69) is 10.1 Å². The molecule has 2 aromatic carbocycles. The Balaban J connectivity index is 2.21. The minimum absolute atomic E-state index is 0.246. The molecule has 0 amide bonds. The van der Waals surface area contributed by atoms with Crippen LogP contribution in [0.25, 0.3) is 27.6 Å². The van der Waals surface area contributed by atoms with E-state index in [1.165, 1.54) is 0 Å². The van der Waals surface area contributed by atoms with E-state index in [0.29, 0.717) is 11.2 Å². The molecule has 4 aromatic rings. The second kappa shape index (κ2) is 4.81. The molecule has 112 valence electrons. The number of hydrogen-bond acceptors (Lipinski definition) is 3. The Morgan fingerprint density at radius 3 is 2.48 bits per heavy atom. The van der Waals surface area contributed by atoms with Crippen molar-refractivity contribution in [2.24, 2.45) is 0 Å². The summed E-state index contributed by atoms with van der Waals surface area (Å²) >= 11 is 0. The lowest BCUT2D eigenvalue weighted by molar-refractivity contribution is 0.0696. The van der Waals surface area contributed by atoms with Crippen LogP contribution in [-0.4, -0.2) is 25.8 Å². The summed E-state index contributed by atoms with van der Waals surface area (Å²) < 4.78 is 1.13. The Hall–Kier alpha value is -3.41. The lowest BCUT2D eigenvalue weighted by Gasteiger charge is -2.06. The first kappa shape index (κ1) is 13.3. The highest BCUT2D eigenvalue weighted by Gasteiger charge is 2.21. The van der Waals surface area contributed by atoms with E-state index in [1.807, 2.05) is 30.3 Å². The molecule has 0 saturated heterocycles. The molecule has 0 fully saturated rings. The highest BCUT2D eigenvalue weighted by molar-refractivity contribution is 6.11. The maximum atomic E-state index is 12.6. The van der Waals surface area contributed by atoms with E-state index in [4.69, 9.17) is 0 Å². The Morgan fingerprint density at radius 1 is 1.04 bits per heavy atom. The van der Waals surface area contributed by atoms with E-state index < -0.39 is 11.5 Å². The lowest BCUT2D eigenvalue weighted by atomic mass is 10.2. The lowest BCUT2D eigenvalue weighted by Crippen LogP contribution is -2.27. The predicted octanol–water partition coefficient (Wildman–Crippen LogP) is 2.57. The van der Waals surface area contributed by atoms with Crippen molar-refractivity contribution in [2.75, 3.05) is 0 Å². The van der Waals surface area contributed by atoms with Crippen LogP contribution in [0.5, 0.6) is 0 Å². The molecule has 0 aliphatic heterocycles. The molecule has 0 aliphatic rings.